The van der Waals surface area contributed by atoms with Crippen molar-refractivity contribution in [3.8, 4) is 0 Å². The molecule has 0 aliphatic carbocycles. The molecule has 0 atom stereocenters. The van der Waals surface area contributed by atoms with E-state index in [9.17, 15) is 14.0 Å². The van der Waals surface area contributed by atoms with Crippen LogP contribution in [0.25, 0.3) is 0 Å². The first-order chi connectivity index (χ1) is 14.0. The maximum absolute atomic E-state index is 12.9. The highest BCUT2D eigenvalue weighted by Crippen LogP contribution is 2.23. The molecular weight excluding hydrogens is 417 g/mol. The molecule has 0 saturated carbocycles. The van der Waals surface area contributed by atoms with Gasteiger partial charge in [-0.2, -0.15) is 0 Å². The highest BCUT2D eigenvalue weighted by atomic mass is 32.2. The van der Waals surface area contributed by atoms with Crippen molar-refractivity contribution >= 4 is 40.6 Å². The topological polar surface area (TPSA) is 80.8 Å². The van der Waals surface area contributed by atoms with Gasteiger partial charge in [-0.15, -0.1) is 11.3 Å². The number of carbonyl (C=O) groups is 2. The molecular formula is C19H24FN3O4S2. The van der Waals surface area contributed by atoms with Crippen molar-refractivity contribution in [3.63, 3.8) is 0 Å². The Morgan fingerprint density at radius 2 is 1.83 bits per heavy atom. The molecule has 0 saturated heterocycles. The minimum atomic E-state index is -0.356. The van der Waals surface area contributed by atoms with Crippen LogP contribution in [0.15, 0.2) is 34.0 Å². The number of halogens is 1. The van der Waals surface area contributed by atoms with Crippen molar-refractivity contribution in [1.29, 1.82) is 0 Å². The van der Waals surface area contributed by atoms with Crippen LogP contribution >= 0.6 is 23.1 Å². The summed E-state index contributed by atoms with van der Waals surface area (Å²) in [4.78, 5) is 30.6. The summed E-state index contributed by atoms with van der Waals surface area (Å²) in [6, 6.07) is 5.58. The predicted molar refractivity (Wildman–Crippen MR) is 112 cm³/mol. The summed E-state index contributed by atoms with van der Waals surface area (Å²) in [6.07, 6.45) is 0.187. The second-order valence-electron chi connectivity index (χ2n) is 5.99. The monoisotopic (exact) mass is 441 g/mol. The summed E-state index contributed by atoms with van der Waals surface area (Å²) in [5, 5.41) is 4.52. The van der Waals surface area contributed by atoms with Crippen molar-refractivity contribution in [2.75, 3.05) is 51.6 Å². The number of hydrogen-bond donors (Lipinski definition) is 1. The number of amides is 2. The fourth-order valence-electron chi connectivity index (χ4n) is 2.32. The molecule has 1 aromatic heterocycles. The molecule has 0 spiro atoms. The fourth-order valence-corrected chi connectivity index (χ4v) is 3.97. The molecule has 158 valence electrons. The minimum absolute atomic E-state index is 0.0463. The number of nitrogens with zero attached hydrogens (tertiary/aromatic N) is 2. The molecule has 0 aliphatic heterocycles. The van der Waals surface area contributed by atoms with Gasteiger partial charge < -0.3 is 19.7 Å². The number of methoxy groups -OCH3 is 2. The van der Waals surface area contributed by atoms with E-state index in [0.29, 0.717) is 42.0 Å². The summed E-state index contributed by atoms with van der Waals surface area (Å²) in [7, 11) is 3.18. The van der Waals surface area contributed by atoms with E-state index in [1.54, 1.807) is 19.1 Å². The number of thiazole rings is 1. The van der Waals surface area contributed by atoms with Gasteiger partial charge in [-0.25, -0.2) is 9.37 Å². The SMILES string of the molecule is COCCN(CCOC)C(=O)Cc1csc(SCC(=O)Nc2ccc(F)cc2)n1. The lowest BCUT2D eigenvalue weighted by Crippen LogP contribution is -2.37. The lowest BCUT2D eigenvalue weighted by molar-refractivity contribution is -0.131. The number of benzene rings is 1. The molecule has 2 aromatic rings. The van der Waals surface area contributed by atoms with Crippen LogP contribution in [0.1, 0.15) is 5.69 Å². The largest absolute Gasteiger partial charge is 0.383 e. The van der Waals surface area contributed by atoms with Gasteiger partial charge in [0.05, 0.1) is 31.1 Å². The van der Waals surface area contributed by atoms with E-state index in [2.05, 4.69) is 10.3 Å². The Balaban J connectivity index is 1.82. The molecule has 1 N–H and O–H groups in total. The van der Waals surface area contributed by atoms with Gasteiger partial charge >= 0.3 is 0 Å². The molecule has 2 rings (SSSR count). The molecule has 0 aliphatic rings. The van der Waals surface area contributed by atoms with Gasteiger partial charge in [0.2, 0.25) is 11.8 Å². The van der Waals surface area contributed by atoms with Gasteiger partial charge in [-0.3, -0.25) is 9.59 Å². The van der Waals surface area contributed by atoms with Crippen molar-refractivity contribution in [3.05, 3.63) is 41.2 Å². The first-order valence-corrected chi connectivity index (χ1v) is 10.8. The zero-order valence-corrected chi connectivity index (χ0v) is 18.0. The number of rotatable bonds is 12. The first-order valence-electron chi connectivity index (χ1n) is 8.90. The van der Waals surface area contributed by atoms with E-state index in [1.807, 2.05) is 5.38 Å². The molecule has 10 heteroatoms. The zero-order chi connectivity index (χ0) is 21.1. The van der Waals surface area contributed by atoms with Crippen LogP contribution in [0.4, 0.5) is 10.1 Å². The zero-order valence-electron chi connectivity index (χ0n) is 16.4. The molecule has 1 aromatic carbocycles. The van der Waals surface area contributed by atoms with E-state index in [4.69, 9.17) is 9.47 Å². The second kappa shape index (κ2) is 12.5. The number of nitrogens with one attached hydrogen (secondary N) is 1. The molecule has 0 bridgehead atoms. The van der Waals surface area contributed by atoms with Crippen molar-refractivity contribution in [1.82, 2.24) is 9.88 Å². The van der Waals surface area contributed by atoms with Crippen molar-refractivity contribution in [2.45, 2.75) is 10.8 Å². The summed E-state index contributed by atoms with van der Waals surface area (Å²) < 4.78 is 23.7. The Hall–Kier alpha value is -2.01. The van der Waals surface area contributed by atoms with Gasteiger partial charge in [0.25, 0.3) is 0 Å². The Bertz CT molecular complexity index is 778. The Morgan fingerprint density at radius 3 is 2.45 bits per heavy atom. The Kier molecular flexibility index (Phi) is 10.1. The predicted octanol–water partition coefficient (Wildman–Crippen LogP) is 2.68. The van der Waals surface area contributed by atoms with Crippen LogP contribution in [-0.2, 0) is 25.5 Å². The average molecular weight is 442 g/mol. The third kappa shape index (κ3) is 8.48. The van der Waals surface area contributed by atoms with Crippen LogP contribution in [0, 0.1) is 5.82 Å². The second-order valence-corrected chi connectivity index (χ2v) is 8.07. The average Bonchev–Trinajstić information content (AvgIpc) is 3.15. The van der Waals surface area contributed by atoms with E-state index >= 15 is 0 Å². The number of carbonyl (C=O) groups excluding carboxylic acids is 2. The van der Waals surface area contributed by atoms with Gasteiger partial charge in [0, 0.05) is 38.4 Å². The van der Waals surface area contributed by atoms with Crippen molar-refractivity contribution < 1.29 is 23.5 Å². The highest BCUT2D eigenvalue weighted by molar-refractivity contribution is 8.01. The number of hydrogen-bond acceptors (Lipinski definition) is 7. The van der Waals surface area contributed by atoms with Crippen LogP contribution in [-0.4, -0.2) is 68.0 Å². The molecule has 7 nitrogen and oxygen atoms in total. The smallest absolute Gasteiger partial charge is 0.234 e. The standard InChI is InChI=1S/C19H24FN3O4S2/c1-26-9-7-23(8-10-27-2)18(25)11-16-12-28-19(22-16)29-13-17(24)21-15-5-3-14(20)4-6-15/h3-6,12H,7-11,13H2,1-2H3,(H,21,24). The maximum atomic E-state index is 12.9. The van der Waals surface area contributed by atoms with Crippen LogP contribution < -0.4 is 5.32 Å². The Morgan fingerprint density at radius 1 is 1.17 bits per heavy atom. The number of ether oxygens (including phenoxy) is 2. The van der Waals surface area contributed by atoms with Crippen LogP contribution in [0.5, 0.6) is 0 Å². The summed E-state index contributed by atoms with van der Waals surface area (Å²) in [5.74, 6) is -0.438. The Labute approximate surface area is 177 Å². The van der Waals surface area contributed by atoms with Crippen LogP contribution in [0.3, 0.4) is 0 Å². The molecule has 29 heavy (non-hydrogen) atoms. The number of anilines is 1. The fraction of sp³-hybridized carbons (Fsp3) is 0.421. The lowest BCUT2D eigenvalue weighted by Gasteiger charge is -2.21. The molecule has 0 radical (unpaired) electrons. The quantitative estimate of drug-likeness (QED) is 0.510. The number of aromatic nitrogens is 1. The molecule has 1 heterocycles. The van der Waals surface area contributed by atoms with Crippen molar-refractivity contribution in [2.24, 2.45) is 0 Å². The summed E-state index contributed by atoms with van der Waals surface area (Å²) in [5.41, 5.74) is 1.20. The maximum Gasteiger partial charge on any atom is 0.234 e. The van der Waals surface area contributed by atoms with E-state index in [-0.39, 0.29) is 29.8 Å². The van der Waals surface area contributed by atoms with Gasteiger partial charge in [-0.1, -0.05) is 11.8 Å². The third-order valence-electron chi connectivity index (χ3n) is 3.80. The molecule has 2 amide bonds. The first kappa shape index (κ1) is 23.3. The van der Waals surface area contributed by atoms with E-state index in [1.165, 1.54) is 47.4 Å². The normalized spacial score (nSPS) is 10.7. The summed E-state index contributed by atoms with van der Waals surface area (Å²) >= 11 is 2.68. The molecule has 0 fully saturated rings. The lowest BCUT2D eigenvalue weighted by atomic mass is 10.3. The van der Waals surface area contributed by atoms with Crippen LogP contribution in [0.2, 0.25) is 0 Å². The van der Waals surface area contributed by atoms with Gasteiger partial charge in [0.1, 0.15) is 5.82 Å². The van der Waals surface area contributed by atoms with E-state index < -0.39 is 0 Å². The highest BCUT2D eigenvalue weighted by Gasteiger charge is 2.16. The summed E-state index contributed by atoms with van der Waals surface area (Å²) in [6.45, 7) is 1.90. The van der Waals surface area contributed by atoms with Gasteiger partial charge in [-0.05, 0) is 24.3 Å². The van der Waals surface area contributed by atoms with Gasteiger partial charge in [0.15, 0.2) is 4.34 Å². The third-order valence-corrected chi connectivity index (χ3v) is 5.87. The molecule has 0 unspecified atom stereocenters. The minimum Gasteiger partial charge on any atom is -0.383 e. The van der Waals surface area contributed by atoms with E-state index in [0.717, 1.165) is 0 Å². The number of thioether (sulfide) groups is 1.